The van der Waals surface area contributed by atoms with Gasteiger partial charge in [-0.25, -0.2) is 0 Å². The Kier molecular flexibility index (Phi) is 212. The van der Waals surface area contributed by atoms with Crippen LogP contribution in [0.25, 0.3) is 0 Å². The Hall–Kier alpha value is 1.99. The molecule has 1 nitrogen and oxygen atoms in total. The minimum atomic E-state index is 0. The third-order valence-corrected chi connectivity index (χ3v) is 0. The molecule has 0 saturated carbocycles. The predicted molar refractivity (Wildman–Crippen MR) is 12.2 cm³/mol. The van der Waals surface area contributed by atoms with E-state index in [0.717, 1.165) is 0 Å². The summed E-state index contributed by atoms with van der Waals surface area (Å²) in [5.41, 5.74) is 0. The summed E-state index contributed by atoms with van der Waals surface area (Å²) in [4.78, 5) is 0. The van der Waals surface area contributed by atoms with E-state index in [4.69, 9.17) is 4.46 Å². The Labute approximate surface area is 76.7 Å². The second kappa shape index (κ2) is 37.7. The summed E-state index contributed by atoms with van der Waals surface area (Å²) in [6.45, 7) is 0. The molecule has 0 saturated heterocycles. The van der Waals surface area contributed by atoms with Crippen LogP contribution in [-0.4, -0.2) is 21.1 Å². The van der Waals surface area contributed by atoms with Crippen LogP contribution in [0.15, 0.2) is 0 Å². The van der Waals surface area contributed by atoms with Gasteiger partial charge in [0.25, 0.3) is 0 Å². The summed E-state index contributed by atoms with van der Waals surface area (Å²) in [6.07, 6.45) is 0. The van der Waals surface area contributed by atoms with Crippen molar-refractivity contribution in [1.29, 1.82) is 0 Å². The first-order valence-electron chi connectivity index (χ1n) is 0.204. The molecule has 0 heterocycles. The zero-order valence-corrected chi connectivity index (χ0v) is 10.5. The molecule has 0 rings (SSSR count). The van der Waals surface area contributed by atoms with Gasteiger partial charge in [0, 0.05) is 63.0 Å². The predicted octanol–water partition coefficient (Wildman–Crippen LogP) is -0.885. The standard InChI is InChI=1S/Hf.OSi.Si.Zr/c;1-2;;. The second-order valence-electron chi connectivity index (χ2n) is 0. The van der Waals surface area contributed by atoms with Crippen molar-refractivity contribution < 1.29 is 56.5 Å². The Bertz CT molecular complexity index is 9.61. The molecule has 0 aromatic heterocycles. The van der Waals surface area contributed by atoms with Gasteiger partial charge in [0.05, 0.1) is 0 Å². The average Bonchev–Trinajstić information content (AvgIpc) is 1.00. The zero-order valence-electron chi connectivity index (χ0n) is 2.41. The van der Waals surface area contributed by atoms with E-state index in [1.807, 2.05) is 0 Å². The van der Waals surface area contributed by atoms with Crippen LogP contribution in [0.4, 0.5) is 0 Å². The Morgan fingerprint density at radius 3 is 1.20 bits per heavy atom. The Morgan fingerprint density at radius 2 is 1.20 bits per heavy atom. The van der Waals surface area contributed by atoms with Gasteiger partial charge in [0.2, 0.25) is 0 Å². The van der Waals surface area contributed by atoms with E-state index in [9.17, 15) is 0 Å². The molecule has 0 aliphatic carbocycles. The van der Waals surface area contributed by atoms with Gasteiger partial charge in [-0.1, -0.05) is 0 Å². The van der Waals surface area contributed by atoms with Gasteiger partial charge in [-0.2, -0.15) is 0 Å². The van der Waals surface area contributed by atoms with E-state index < -0.39 is 0 Å². The molecule has 5 heavy (non-hydrogen) atoms. The topological polar surface area (TPSA) is 17.1 Å². The normalized spacial score (nSPS) is 0.800. The van der Waals surface area contributed by atoms with Gasteiger partial charge in [-0.15, -0.1) is 0 Å². The van der Waals surface area contributed by atoms with E-state index in [1.54, 1.807) is 10.1 Å². The molecule has 0 amide bonds. The van der Waals surface area contributed by atoms with Crippen molar-refractivity contribution in [3.8, 4) is 0 Å². The monoisotopic (exact) mass is 342 g/mol. The third kappa shape index (κ3) is 24.1. The third-order valence-electron chi connectivity index (χ3n) is 0. The summed E-state index contributed by atoms with van der Waals surface area (Å²) < 4.78 is 8.06. The first kappa shape index (κ1) is 28.1. The molecule has 0 aliphatic rings. The van der Waals surface area contributed by atoms with E-state index in [-0.39, 0.29) is 63.0 Å². The first-order valence-corrected chi connectivity index (χ1v) is 0.612. The van der Waals surface area contributed by atoms with Crippen LogP contribution in [0, 0.1) is 0 Å². The van der Waals surface area contributed by atoms with Crippen LogP contribution in [-0.2, 0) is 56.5 Å². The van der Waals surface area contributed by atoms with Crippen LogP contribution >= 0.6 is 0 Å². The quantitative estimate of drug-likeness (QED) is 0.523. The van der Waals surface area contributed by atoms with Gasteiger partial charge in [0.15, 0.2) is 0 Å². The van der Waals surface area contributed by atoms with Crippen molar-refractivity contribution in [2.75, 3.05) is 0 Å². The molecular weight excluding hydrogens is 342 g/mol. The maximum Gasteiger partial charge on any atom is 0.381 e. The average molecular weight is 342 g/mol. The van der Waals surface area contributed by atoms with Crippen LogP contribution in [0.1, 0.15) is 0 Å². The summed E-state index contributed by atoms with van der Waals surface area (Å²) >= 11 is 0. The number of hydrogen-bond donors (Lipinski definition) is 0. The molecule has 5 heteroatoms. The molecule has 0 atom stereocenters. The Balaban J connectivity index is -0.00000000167. The van der Waals surface area contributed by atoms with Gasteiger partial charge in [-0.3, -0.25) is 0 Å². The van der Waals surface area contributed by atoms with Crippen molar-refractivity contribution in [2.24, 2.45) is 0 Å². The molecule has 0 bridgehead atoms. The molecule has 0 N–H and O–H groups in total. The van der Waals surface area contributed by atoms with Crippen molar-refractivity contribution in [2.45, 2.75) is 0 Å². The fourth-order valence-corrected chi connectivity index (χ4v) is 0. The SMILES string of the molecule is O=[Si].[Hf].[Si].[Zr]. The van der Waals surface area contributed by atoms with Crippen LogP contribution in [0.3, 0.4) is 0 Å². The number of rotatable bonds is 0. The van der Waals surface area contributed by atoms with Crippen LogP contribution < -0.4 is 0 Å². The fourth-order valence-electron chi connectivity index (χ4n) is 0. The van der Waals surface area contributed by atoms with E-state index in [1.165, 1.54) is 0 Å². The number of hydrogen-bond acceptors (Lipinski definition) is 1. The van der Waals surface area contributed by atoms with Gasteiger partial charge >= 0.3 is 10.1 Å². The molecule has 6 radical (unpaired) electrons. The molecule has 0 spiro atoms. The molecule has 0 aromatic rings. The largest absolute Gasteiger partial charge is 0.381 e. The smallest absolute Gasteiger partial charge is 0.381 e. The van der Waals surface area contributed by atoms with Crippen molar-refractivity contribution in [3.05, 3.63) is 0 Å². The molecule has 0 fully saturated rings. The summed E-state index contributed by atoms with van der Waals surface area (Å²) in [5.74, 6) is 0. The first-order chi connectivity index (χ1) is 1.00. The second-order valence-corrected chi connectivity index (χ2v) is 0. The minimum absolute atomic E-state index is 0. The zero-order chi connectivity index (χ0) is 2.00. The van der Waals surface area contributed by atoms with Crippen molar-refractivity contribution in [3.63, 3.8) is 0 Å². The minimum Gasteiger partial charge on any atom is -0.381 e. The van der Waals surface area contributed by atoms with E-state index in [0.29, 0.717) is 0 Å². The molecule has 0 aliphatic heterocycles. The molecule has 0 aromatic carbocycles. The van der Waals surface area contributed by atoms with Crippen molar-refractivity contribution in [1.82, 2.24) is 0 Å². The summed E-state index contributed by atoms with van der Waals surface area (Å²) in [6, 6.07) is 0. The van der Waals surface area contributed by atoms with Crippen molar-refractivity contribution >= 4 is 21.1 Å². The van der Waals surface area contributed by atoms with E-state index >= 15 is 0 Å². The summed E-state index contributed by atoms with van der Waals surface area (Å²) in [7, 11) is 1.72. The molecule has 0 unspecified atom stereocenters. The van der Waals surface area contributed by atoms with Crippen LogP contribution in [0.5, 0.6) is 0 Å². The maximum atomic E-state index is 8.06. The maximum absolute atomic E-state index is 8.06. The Morgan fingerprint density at radius 1 is 1.20 bits per heavy atom. The fraction of sp³-hybridized carbons (Fsp3) is 0. The van der Waals surface area contributed by atoms with E-state index in [2.05, 4.69) is 0 Å². The van der Waals surface area contributed by atoms with Crippen LogP contribution in [0.2, 0.25) is 0 Å². The van der Waals surface area contributed by atoms with Gasteiger partial charge in [0.1, 0.15) is 0 Å². The van der Waals surface area contributed by atoms with Gasteiger partial charge in [-0.05, 0) is 0 Å². The molecular formula is HfOSi2Zr. The summed E-state index contributed by atoms with van der Waals surface area (Å²) in [5, 5.41) is 0. The van der Waals surface area contributed by atoms with Gasteiger partial charge < -0.3 is 4.46 Å². The molecule has 22 valence electrons.